The average Bonchev–Trinajstić information content (AvgIpc) is 2.30. The van der Waals surface area contributed by atoms with Gasteiger partial charge in [0.25, 0.3) is 0 Å². The van der Waals surface area contributed by atoms with Gasteiger partial charge in [0.05, 0.1) is 21.3 Å². The minimum absolute atomic E-state index is 0.0594. The molecule has 19 heavy (non-hydrogen) atoms. The largest absolute Gasteiger partial charge is 0.419 e. The van der Waals surface area contributed by atoms with Crippen LogP contribution in [0.15, 0.2) is 30.5 Å². The molecule has 0 bridgehead atoms. The van der Waals surface area contributed by atoms with Crippen molar-refractivity contribution < 1.29 is 13.2 Å². The van der Waals surface area contributed by atoms with Gasteiger partial charge in [-0.15, -0.1) is 0 Å². The van der Waals surface area contributed by atoms with Gasteiger partial charge in [0.2, 0.25) is 0 Å². The summed E-state index contributed by atoms with van der Waals surface area (Å²) in [6.45, 7) is 0. The van der Waals surface area contributed by atoms with Gasteiger partial charge in [-0.2, -0.15) is 13.2 Å². The standard InChI is InChI=1S/C12H5Cl2F3IN/c13-7-3-1-2-6(10(7)14)11-9(12(15,16)17)8(18)4-5-19-11/h1-5H. The molecule has 1 aromatic heterocycles. The molecular weight excluding hydrogens is 413 g/mol. The van der Waals surface area contributed by atoms with Crippen LogP contribution in [-0.2, 0) is 6.18 Å². The Hall–Kier alpha value is -0.530. The fourth-order valence-electron chi connectivity index (χ4n) is 1.60. The van der Waals surface area contributed by atoms with Gasteiger partial charge >= 0.3 is 6.18 Å². The molecule has 0 N–H and O–H groups in total. The van der Waals surface area contributed by atoms with Crippen molar-refractivity contribution in [3.05, 3.63) is 49.6 Å². The molecule has 7 heteroatoms. The van der Waals surface area contributed by atoms with Gasteiger partial charge in [-0.1, -0.05) is 35.3 Å². The molecule has 2 rings (SSSR count). The van der Waals surface area contributed by atoms with E-state index in [0.717, 1.165) is 0 Å². The first-order chi connectivity index (χ1) is 8.82. The molecule has 1 aromatic carbocycles. The monoisotopic (exact) mass is 417 g/mol. The van der Waals surface area contributed by atoms with Crippen molar-refractivity contribution in [2.24, 2.45) is 0 Å². The number of hydrogen-bond donors (Lipinski definition) is 0. The highest BCUT2D eigenvalue weighted by molar-refractivity contribution is 14.1. The fourth-order valence-corrected chi connectivity index (χ4v) is 2.71. The zero-order valence-corrected chi connectivity index (χ0v) is 12.8. The van der Waals surface area contributed by atoms with Crippen LogP contribution in [-0.4, -0.2) is 4.98 Å². The molecule has 1 heterocycles. The molecule has 0 fully saturated rings. The molecule has 2 aromatic rings. The molecule has 0 spiro atoms. The minimum Gasteiger partial charge on any atom is -0.255 e. The third-order valence-corrected chi connectivity index (χ3v) is 4.11. The van der Waals surface area contributed by atoms with E-state index in [1.165, 1.54) is 30.5 Å². The van der Waals surface area contributed by atoms with Crippen LogP contribution < -0.4 is 0 Å². The van der Waals surface area contributed by atoms with Crippen LogP contribution in [0.3, 0.4) is 0 Å². The molecule has 0 amide bonds. The maximum atomic E-state index is 13.1. The highest BCUT2D eigenvalue weighted by Gasteiger charge is 2.37. The summed E-state index contributed by atoms with van der Waals surface area (Å²) in [7, 11) is 0. The van der Waals surface area contributed by atoms with Crippen LogP contribution in [0.25, 0.3) is 11.3 Å². The highest BCUT2D eigenvalue weighted by Crippen LogP contribution is 2.41. The lowest BCUT2D eigenvalue weighted by atomic mass is 10.1. The summed E-state index contributed by atoms with van der Waals surface area (Å²) in [4.78, 5) is 3.81. The van der Waals surface area contributed by atoms with Gasteiger partial charge in [0.15, 0.2) is 0 Å². The number of hydrogen-bond acceptors (Lipinski definition) is 1. The fraction of sp³-hybridized carbons (Fsp3) is 0.0833. The molecule has 0 atom stereocenters. The Morgan fingerprint density at radius 3 is 2.42 bits per heavy atom. The lowest BCUT2D eigenvalue weighted by Gasteiger charge is -2.15. The quantitative estimate of drug-likeness (QED) is 0.544. The highest BCUT2D eigenvalue weighted by atomic mass is 127. The molecule has 0 unspecified atom stereocenters. The van der Waals surface area contributed by atoms with Gasteiger partial charge < -0.3 is 0 Å². The lowest BCUT2D eigenvalue weighted by Crippen LogP contribution is -2.11. The van der Waals surface area contributed by atoms with E-state index in [2.05, 4.69) is 4.98 Å². The number of alkyl halides is 3. The number of aromatic nitrogens is 1. The number of rotatable bonds is 1. The summed E-state index contributed by atoms with van der Waals surface area (Å²) in [5.41, 5.74) is -0.855. The van der Waals surface area contributed by atoms with Crippen LogP contribution in [0, 0.1) is 3.57 Å². The van der Waals surface area contributed by atoms with Crippen molar-refractivity contribution in [2.75, 3.05) is 0 Å². The summed E-state index contributed by atoms with van der Waals surface area (Å²) < 4.78 is 39.4. The zero-order valence-electron chi connectivity index (χ0n) is 9.10. The smallest absolute Gasteiger partial charge is 0.255 e. The van der Waals surface area contributed by atoms with Crippen LogP contribution in [0.4, 0.5) is 13.2 Å². The maximum Gasteiger partial charge on any atom is 0.419 e. The molecule has 0 saturated heterocycles. The summed E-state index contributed by atoms with van der Waals surface area (Å²) in [6.07, 6.45) is -3.20. The Bertz CT molecular complexity index is 629. The van der Waals surface area contributed by atoms with Crippen LogP contribution in [0.5, 0.6) is 0 Å². The second-order valence-corrected chi connectivity index (χ2v) is 5.56. The van der Waals surface area contributed by atoms with Crippen molar-refractivity contribution in [3.63, 3.8) is 0 Å². The molecule has 0 aliphatic carbocycles. The molecule has 0 aliphatic heterocycles. The van der Waals surface area contributed by atoms with E-state index in [9.17, 15) is 13.2 Å². The molecular formula is C12H5Cl2F3IN. The van der Waals surface area contributed by atoms with Crippen molar-refractivity contribution in [2.45, 2.75) is 6.18 Å². The van der Waals surface area contributed by atoms with E-state index in [-0.39, 0.29) is 24.9 Å². The summed E-state index contributed by atoms with van der Waals surface area (Å²) >= 11 is 13.4. The first-order valence-corrected chi connectivity index (χ1v) is 6.82. The maximum absolute atomic E-state index is 13.1. The van der Waals surface area contributed by atoms with Gasteiger partial charge in [-0.25, -0.2) is 0 Å². The van der Waals surface area contributed by atoms with Crippen molar-refractivity contribution >= 4 is 45.8 Å². The predicted octanol–water partition coefficient (Wildman–Crippen LogP) is 5.68. The second kappa shape index (κ2) is 5.46. The number of pyridine rings is 1. The van der Waals surface area contributed by atoms with Crippen LogP contribution >= 0.6 is 45.8 Å². The Kier molecular flexibility index (Phi) is 4.27. The van der Waals surface area contributed by atoms with Gasteiger partial charge in [0.1, 0.15) is 0 Å². The van der Waals surface area contributed by atoms with Crippen LogP contribution in [0.2, 0.25) is 10.0 Å². The SMILES string of the molecule is FC(F)(F)c1c(I)ccnc1-c1cccc(Cl)c1Cl. The van der Waals surface area contributed by atoms with Gasteiger partial charge in [-0.05, 0) is 34.7 Å². The minimum atomic E-state index is -4.51. The molecule has 0 aliphatic rings. The third-order valence-electron chi connectivity index (χ3n) is 2.39. The topological polar surface area (TPSA) is 12.9 Å². The average molecular weight is 418 g/mol. The van der Waals surface area contributed by atoms with Gasteiger partial charge in [-0.3, -0.25) is 4.98 Å². The third kappa shape index (κ3) is 2.98. The van der Waals surface area contributed by atoms with E-state index < -0.39 is 11.7 Å². The summed E-state index contributed by atoms with van der Waals surface area (Å²) in [5, 5.41) is 0.247. The lowest BCUT2D eigenvalue weighted by molar-refractivity contribution is -0.137. The second-order valence-electron chi connectivity index (χ2n) is 3.62. The Morgan fingerprint density at radius 1 is 1.11 bits per heavy atom. The molecule has 0 radical (unpaired) electrons. The summed E-state index contributed by atoms with van der Waals surface area (Å²) in [6, 6.07) is 5.80. The molecule has 0 saturated carbocycles. The van der Waals surface area contributed by atoms with E-state index >= 15 is 0 Å². The van der Waals surface area contributed by atoms with Crippen molar-refractivity contribution in [1.82, 2.24) is 4.98 Å². The van der Waals surface area contributed by atoms with E-state index in [4.69, 9.17) is 23.2 Å². The van der Waals surface area contributed by atoms with E-state index in [0.29, 0.717) is 0 Å². The first-order valence-electron chi connectivity index (χ1n) is 4.98. The Morgan fingerprint density at radius 2 is 1.79 bits per heavy atom. The summed E-state index contributed by atoms with van der Waals surface area (Å²) in [5.74, 6) is 0. The number of halogens is 6. The first kappa shape index (κ1) is 14.9. The number of nitrogens with zero attached hydrogens (tertiary/aromatic N) is 1. The molecule has 1 nitrogen and oxygen atoms in total. The van der Waals surface area contributed by atoms with E-state index in [1.54, 1.807) is 22.6 Å². The van der Waals surface area contributed by atoms with Crippen molar-refractivity contribution in [1.29, 1.82) is 0 Å². The normalized spacial score (nSPS) is 11.7. The van der Waals surface area contributed by atoms with Crippen LogP contribution in [0.1, 0.15) is 5.56 Å². The van der Waals surface area contributed by atoms with E-state index in [1.807, 2.05) is 0 Å². The zero-order chi connectivity index (χ0) is 14.2. The Labute approximate surface area is 130 Å². The van der Waals surface area contributed by atoms with Gasteiger partial charge in [0, 0.05) is 15.3 Å². The predicted molar refractivity (Wildman–Crippen MR) is 77.4 cm³/mol. The Balaban J connectivity index is 2.77. The van der Waals surface area contributed by atoms with Crippen molar-refractivity contribution in [3.8, 4) is 11.3 Å². The molecule has 100 valence electrons. The number of benzene rings is 1.